The number of hydrogen-bond donors (Lipinski definition) is 2. The monoisotopic (exact) mass is 672 g/mol. The number of carbonyl (C=O) groups excluding carboxylic acids is 5. The van der Waals surface area contributed by atoms with Crippen LogP contribution in [0.4, 0.5) is 4.79 Å². The van der Waals surface area contributed by atoms with Gasteiger partial charge in [0.2, 0.25) is 0 Å². The van der Waals surface area contributed by atoms with E-state index in [9.17, 15) is 24.0 Å². The fraction of sp³-hybridized carbons (Fsp3) is 0.500. The average Bonchev–Trinajstić information content (AvgIpc) is 3.30. The highest BCUT2D eigenvalue weighted by molar-refractivity contribution is 6.94. The number of ketones is 1. The molecule has 0 radical (unpaired) electrons. The van der Waals surface area contributed by atoms with Crippen molar-refractivity contribution in [3.05, 3.63) is 71.8 Å². The second-order valence-electron chi connectivity index (χ2n) is 13.5. The zero-order valence-electron chi connectivity index (χ0n) is 28.6. The van der Waals surface area contributed by atoms with Crippen LogP contribution in [0.3, 0.4) is 0 Å². The molecular weight excluding hydrogens is 621 g/mol. The molecular formula is C34H52N2O8Si2. The number of hydrogen-bond acceptors (Lipinski definition) is 9. The Bertz CT molecular complexity index is 1230. The van der Waals surface area contributed by atoms with Crippen molar-refractivity contribution in [3.8, 4) is 0 Å². The molecule has 1 aliphatic heterocycles. The lowest BCUT2D eigenvalue weighted by Crippen LogP contribution is -2.34. The Morgan fingerprint density at radius 1 is 0.804 bits per heavy atom. The molecule has 1 heterocycles. The molecule has 254 valence electrons. The quantitative estimate of drug-likeness (QED) is 0.107. The number of alkyl carbamates (subject to hydrolysis) is 1. The highest BCUT2D eigenvalue weighted by Crippen LogP contribution is 2.18. The Morgan fingerprint density at radius 3 is 1.61 bits per heavy atom. The molecule has 12 heteroatoms. The highest BCUT2D eigenvalue weighted by Gasteiger charge is 2.32. The van der Waals surface area contributed by atoms with Gasteiger partial charge in [0, 0.05) is 29.0 Å². The molecule has 0 saturated carbocycles. The van der Waals surface area contributed by atoms with Crippen LogP contribution in [0.15, 0.2) is 60.7 Å². The van der Waals surface area contributed by atoms with Crippen molar-refractivity contribution in [2.45, 2.75) is 103 Å². The molecule has 10 nitrogen and oxygen atoms in total. The van der Waals surface area contributed by atoms with Crippen LogP contribution < -0.4 is 10.6 Å². The minimum absolute atomic E-state index is 0.0355. The summed E-state index contributed by atoms with van der Waals surface area (Å²) < 4.78 is 14.5. The first kappa shape index (κ1) is 40.4. The minimum Gasteiger partial charge on any atom is -0.461 e. The van der Waals surface area contributed by atoms with Crippen molar-refractivity contribution in [2.24, 2.45) is 0 Å². The number of nitrogens with one attached hydrogen (secondary N) is 2. The zero-order valence-corrected chi connectivity index (χ0v) is 30.6. The Kier molecular flexibility index (Phi) is 18.0. The van der Waals surface area contributed by atoms with E-state index in [-0.39, 0.29) is 50.3 Å². The number of likely N-dealkylation sites (N-methyl/N-ethyl adjacent to an activating group) is 1. The van der Waals surface area contributed by atoms with Gasteiger partial charge in [0.25, 0.3) is 0 Å². The third-order valence-corrected chi connectivity index (χ3v) is 14.9. The van der Waals surface area contributed by atoms with Gasteiger partial charge in [0.05, 0.1) is 6.04 Å². The number of Topliss-reactive ketones (excluding diaryl/α,β-unsaturated/α-hetero) is 1. The van der Waals surface area contributed by atoms with Crippen LogP contribution >= 0.6 is 0 Å². The molecule has 0 bridgehead atoms. The van der Waals surface area contributed by atoms with Gasteiger partial charge in [-0.1, -0.05) is 106 Å². The molecule has 1 saturated heterocycles. The van der Waals surface area contributed by atoms with Crippen molar-refractivity contribution in [3.63, 3.8) is 0 Å². The first-order valence-electron chi connectivity index (χ1n) is 15.6. The lowest BCUT2D eigenvalue weighted by atomic mass is 10.1. The Labute approximate surface area is 276 Å². The Hall–Kier alpha value is -3.62. The third-order valence-electron chi connectivity index (χ3n) is 6.43. The van der Waals surface area contributed by atoms with Gasteiger partial charge in [0.15, 0.2) is 0 Å². The van der Waals surface area contributed by atoms with E-state index < -0.39 is 40.2 Å². The number of esters is 3. The third kappa shape index (κ3) is 19.7. The first-order valence-corrected chi connectivity index (χ1v) is 23.0. The van der Waals surface area contributed by atoms with Crippen molar-refractivity contribution >= 4 is 45.9 Å². The van der Waals surface area contributed by atoms with Crippen LogP contribution in [-0.2, 0) is 46.6 Å². The van der Waals surface area contributed by atoms with E-state index in [1.165, 1.54) is 6.92 Å². The van der Waals surface area contributed by atoms with Crippen LogP contribution in [0.1, 0.15) is 43.7 Å². The molecule has 0 aliphatic carbocycles. The van der Waals surface area contributed by atoms with Crippen LogP contribution in [-0.4, -0.2) is 65.1 Å². The number of ether oxygens (including phenoxy) is 3. The highest BCUT2D eigenvalue weighted by atomic mass is 28.4. The average molecular weight is 673 g/mol. The topological polar surface area (TPSA) is 137 Å². The molecule has 2 aromatic rings. The standard InChI is InChI=1S/C14H19NO3.C13H13NO5.C7H20Si2/c1-11(16)13(15-2)8-9-14(17)18-10-12-6-4-3-5-7-12;15-11(18-8-9-4-2-1-3-5-9)7-6-10-12(16)19-13(17)14-10;1-8(2,3)7-9(4,5)6/h3-7,13,15H,8-10H2,1-2H3;1-5,10H,6-8H2,(H,14,17);7H2,1-6H3. The molecule has 3 rings (SSSR count). The van der Waals surface area contributed by atoms with Crippen LogP contribution in [0.25, 0.3) is 0 Å². The molecule has 1 amide bonds. The maximum atomic E-state index is 11.5. The summed E-state index contributed by atoms with van der Waals surface area (Å²) in [6.07, 6.45) is 0.176. The van der Waals surface area contributed by atoms with E-state index in [1.807, 2.05) is 60.7 Å². The maximum absolute atomic E-state index is 11.5. The van der Waals surface area contributed by atoms with E-state index >= 15 is 0 Å². The van der Waals surface area contributed by atoms with Crippen LogP contribution in [0.5, 0.6) is 0 Å². The molecule has 1 aliphatic rings. The maximum Gasteiger partial charge on any atom is 0.415 e. The molecule has 0 spiro atoms. The van der Waals surface area contributed by atoms with Crippen molar-refractivity contribution in [1.82, 2.24) is 10.6 Å². The number of carbonyl (C=O) groups is 5. The number of amides is 1. The molecule has 2 atom stereocenters. The van der Waals surface area contributed by atoms with E-state index in [0.717, 1.165) is 11.1 Å². The van der Waals surface area contributed by atoms with E-state index in [1.54, 1.807) is 12.7 Å². The summed E-state index contributed by atoms with van der Waals surface area (Å²) >= 11 is 0. The van der Waals surface area contributed by atoms with Crippen molar-refractivity contribution in [1.29, 1.82) is 0 Å². The SMILES string of the molecule is CNC(CCC(=O)OCc1ccccc1)C(C)=O.C[Si](C)(C)C[Si](C)(C)C.O=C(CCC1NC(=O)OC1=O)OCc1ccccc1. The van der Waals surface area contributed by atoms with Crippen molar-refractivity contribution in [2.75, 3.05) is 7.05 Å². The van der Waals surface area contributed by atoms with Gasteiger partial charge in [-0.2, -0.15) is 0 Å². The second-order valence-corrected chi connectivity index (χ2v) is 25.2. The normalized spacial score (nSPS) is 14.7. The predicted octanol–water partition coefficient (Wildman–Crippen LogP) is 6.03. The van der Waals surface area contributed by atoms with Gasteiger partial charge < -0.3 is 24.8 Å². The van der Waals surface area contributed by atoms with E-state index in [0.29, 0.717) is 6.42 Å². The molecule has 46 heavy (non-hydrogen) atoms. The van der Waals surface area contributed by atoms with Gasteiger partial charge in [0.1, 0.15) is 25.0 Å². The van der Waals surface area contributed by atoms with Crippen molar-refractivity contribution < 1.29 is 38.2 Å². The summed E-state index contributed by atoms with van der Waals surface area (Å²) in [5.74, 6) is -1.31. The summed E-state index contributed by atoms with van der Waals surface area (Å²) in [6.45, 7) is 16.8. The summed E-state index contributed by atoms with van der Waals surface area (Å²) in [5, 5.41) is 5.19. The number of benzene rings is 2. The summed E-state index contributed by atoms with van der Waals surface area (Å²) in [7, 11) is 0.248. The lowest BCUT2D eigenvalue weighted by Gasteiger charge is -2.25. The van der Waals surface area contributed by atoms with Gasteiger partial charge >= 0.3 is 24.0 Å². The Morgan fingerprint density at radius 2 is 1.26 bits per heavy atom. The molecule has 2 unspecified atom stereocenters. The lowest BCUT2D eigenvalue weighted by molar-refractivity contribution is -0.146. The van der Waals surface area contributed by atoms with Crippen LogP contribution in [0, 0.1) is 0 Å². The molecule has 0 aromatic heterocycles. The summed E-state index contributed by atoms with van der Waals surface area (Å²) in [4.78, 5) is 56.0. The van der Waals surface area contributed by atoms with Crippen LogP contribution in [0.2, 0.25) is 44.9 Å². The number of cyclic esters (lactones) is 2. The van der Waals surface area contributed by atoms with Gasteiger partial charge in [-0.3, -0.25) is 14.4 Å². The summed E-state index contributed by atoms with van der Waals surface area (Å²) in [5.41, 5.74) is 3.42. The number of rotatable bonds is 14. The van der Waals surface area contributed by atoms with Gasteiger partial charge in [-0.05, 0) is 37.9 Å². The van der Waals surface area contributed by atoms with Gasteiger partial charge in [-0.25, -0.2) is 9.59 Å². The smallest absolute Gasteiger partial charge is 0.415 e. The van der Waals surface area contributed by atoms with Gasteiger partial charge in [-0.15, -0.1) is 0 Å². The Balaban J connectivity index is 0.000000368. The van der Waals surface area contributed by atoms with E-state index in [4.69, 9.17) is 9.47 Å². The van der Waals surface area contributed by atoms with E-state index in [2.05, 4.69) is 54.7 Å². The zero-order chi connectivity index (χ0) is 34.8. The molecule has 1 fully saturated rings. The molecule has 2 aromatic carbocycles. The molecule has 2 N–H and O–H groups in total. The largest absolute Gasteiger partial charge is 0.461 e. The fourth-order valence-corrected chi connectivity index (χ4v) is 17.6. The first-order chi connectivity index (χ1) is 21.5. The fourth-order valence-electron chi connectivity index (χ4n) is 4.87. The predicted molar refractivity (Wildman–Crippen MR) is 184 cm³/mol. The minimum atomic E-state index is -0.771. The second kappa shape index (κ2) is 20.5. The summed E-state index contributed by atoms with van der Waals surface area (Å²) in [6, 6.07) is 17.8.